The maximum Gasteiger partial charge on any atom is 0.255 e. The third kappa shape index (κ3) is 3.90. The summed E-state index contributed by atoms with van der Waals surface area (Å²) in [5, 5.41) is 7.58. The molecule has 1 fully saturated rings. The van der Waals surface area contributed by atoms with Crippen LogP contribution in [0.25, 0.3) is 0 Å². The molecule has 3 aromatic heterocycles. The molecule has 8 heteroatoms. The van der Waals surface area contributed by atoms with Gasteiger partial charge in [0, 0.05) is 55.5 Å². The molecular formula is C23H25N5O3. The summed E-state index contributed by atoms with van der Waals surface area (Å²) >= 11 is 0. The van der Waals surface area contributed by atoms with Crippen molar-refractivity contribution in [2.45, 2.75) is 32.0 Å². The van der Waals surface area contributed by atoms with Gasteiger partial charge in [-0.25, -0.2) is 0 Å². The van der Waals surface area contributed by atoms with E-state index in [9.17, 15) is 9.59 Å². The Bertz CT molecular complexity index is 1130. The number of hydrogen-bond donors (Lipinski definition) is 0. The highest BCUT2D eigenvalue weighted by Gasteiger charge is 2.37. The van der Waals surface area contributed by atoms with Crippen molar-refractivity contribution in [2.75, 3.05) is 20.1 Å². The smallest absolute Gasteiger partial charge is 0.255 e. The van der Waals surface area contributed by atoms with Crippen LogP contribution >= 0.6 is 0 Å². The van der Waals surface area contributed by atoms with Crippen LogP contribution in [0.5, 0.6) is 0 Å². The topological polar surface area (TPSA) is 84.5 Å². The number of hydrogen-bond acceptors (Lipinski definition) is 6. The molecule has 0 saturated carbocycles. The van der Waals surface area contributed by atoms with Crippen LogP contribution in [0, 0.1) is 5.92 Å². The van der Waals surface area contributed by atoms with Gasteiger partial charge in [0.15, 0.2) is 0 Å². The van der Waals surface area contributed by atoms with Crippen LogP contribution in [0.4, 0.5) is 0 Å². The summed E-state index contributed by atoms with van der Waals surface area (Å²) in [6.07, 6.45) is 7.45. The van der Waals surface area contributed by atoms with Gasteiger partial charge in [-0.15, -0.1) is 0 Å². The Morgan fingerprint density at radius 3 is 2.84 bits per heavy atom. The van der Waals surface area contributed by atoms with Crippen molar-refractivity contribution >= 4 is 5.91 Å². The van der Waals surface area contributed by atoms with Gasteiger partial charge < -0.3 is 13.9 Å². The summed E-state index contributed by atoms with van der Waals surface area (Å²) in [5.41, 5.74) is 3.57. The minimum atomic E-state index is -0.0158. The summed E-state index contributed by atoms with van der Waals surface area (Å²) in [7, 11) is 2.00. The van der Waals surface area contributed by atoms with Crippen LogP contribution in [-0.4, -0.2) is 50.6 Å². The molecule has 0 aromatic carbocycles. The number of furan rings is 1. The third-order valence-electron chi connectivity index (χ3n) is 6.27. The van der Waals surface area contributed by atoms with Crippen molar-refractivity contribution in [3.05, 3.63) is 81.9 Å². The van der Waals surface area contributed by atoms with Gasteiger partial charge in [0.25, 0.3) is 11.5 Å². The molecule has 0 unspecified atom stereocenters. The number of piperidine rings is 1. The number of pyridine rings is 1. The molecule has 8 nitrogen and oxygen atoms in total. The summed E-state index contributed by atoms with van der Waals surface area (Å²) in [4.78, 5) is 30.1. The van der Waals surface area contributed by atoms with E-state index in [1.807, 2.05) is 28.6 Å². The second-order valence-corrected chi connectivity index (χ2v) is 8.64. The van der Waals surface area contributed by atoms with Gasteiger partial charge in [0.1, 0.15) is 0 Å². The zero-order chi connectivity index (χ0) is 21.4. The molecule has 0 spiro atoms. The van der Waals surface area contributed by atoms with E-state index < -0.39 is 0 Å². The van der Waals surface area contributed by atoms with Gasteiger partial charge in [-0.1, -0.05) is 6.07 Å². The van der Waals surface area contributed by atoms with Crippen LogP contribution in [0.2, 0.25) is 0 Å². The number of carbonyl (C=O) groups excluding carboxylic acids is 1. The van der Waals surface area contributed by atoms with Gasteiger partial charge in [-0.3, -0.25) is 14.5 Å². The number of carbonyl (C=O) groups is 1. The van der Waals surface area contributed by atoms with Crippen molar-refractivity contribution in [1.29, 1.82) is 0 Å². The van der Waals surface area contributed by atoms with E-state index in [4.69, 9.17) is 4.42 Å². The first-order valence-corrected chi connectivity index (χ1v) is 10.6. The van der Waals surface area contributed by atoms with Gasteiger partial charge in [-0.2, -0.15) is 10.2 Å². The lowest BCUT2D eigenvalue weighted by atomic mass is 9.82. The van der Waals surface area contributed by atoms with E-state index in [1.165, 1.54) is 12.4 Å². The van der Waals surface area contributed by atoms with E-state index in [0.29, 0.717) is 31.7 Å². The fraction of sp³-hybridized carbons (Fsp3) is 0.391. The van der Waals surface area contributed by atoms with Crippen molar-refractivity contribution in [2.24, 2.45) is 5.92 Å². The average molecular weight is 419 g/mol. The van der Waals surface area contributed by atoms with Gasteiger partial charge in [-0.05, 0) is 37.6 Å². The summed E-state index contributed by atoms with van der Waals surface area (Å²) in [5.74, 6) is 0.441. The van der Waals surface area contributed by atoms with Gasteiger partial charge >= 0.3 is 0 Å². The molecule has 1 amide bonds. The lowest BCUT2D eigenvalue weighted by Crippen LogP contribution is -2.49. The largest absolute Gasteiger partial charge is 0.472 e. The zero-order valence-electron chi connectivity index (χ0n) is 17.5. The minimum Gasteiger partial charge on any atom is -0.472 e. The number of fused-ring (bicyclic) bond motifs is 4. The molecular weight excluding hydrogens is 394 g/mol. The van der Waals surface area contributed by atoms with E-state index in [-0.39, 0.29) is 23.3 Å². The SMILES string of the molecule is CN(Cc1ccoc1)Cc1ccc2n(c1=O)C[C@H]1C[C@@H]2CN(C(=O)c2ccnnc2)C1. The highest BCUT2D eigenvalue weighted by Crippen LogP contribution is 2.35. The molecule has 1 saturated heterocycles. The summed E-state index contributed by atoms with van der Waals surface area (Å²) in [6.45, 7) is 3.25. The fourth-order valence-corrected chi connectivity index (χ4v) is 4.92. The molecule has 0 aliphatic carbocycles. The molecule has 31 heavy (non-hydrogen) atoms. The van der Waals surface area contributed by atoms with Crippen molar-refractivity contribution in [1.82, 2.24) is 24.6 Å². The molecule has 2 atom stereocenters. The Morgan fingerprint density at radius 2 is 2.06 bits per heavy atom. The quantitative estimate of drug-likeness (QED) is 0.630. The highest BCUT2D eigenvalue weighted by molar-refractivity contribution is 5.93. The Labute approximate surface area is 180 Å². The Balaban J connectivity index is 1.34. The first-order chi connectivity index (χ1) is 15.1. The zero-order valence-corrected chi connectivity index (χ0v) is 17.5. The fourth-order valence-electron chi connectivity index (χ4n) is 4.92. The van der Waals surface area contributed by atoms with E-state index in [0.717, 1.165) is 29.8 Å². The van der Waals surface area contributed by atoms with Crippen LogP contribution in [0.3, 0.4) is 0 Å². The second kappa shape index (κ2) is 8.11. The molecule has 2 bridgehead atoms. The molecule has 5 rings (SSSR count). The maximum absolute atomic E-state index is 13.2. The number of likely N-dealkylation sites (tertiary alicyclic amines) is 1. The van der Waals surface area contributed by atoms with Gasteiger partial charge in [0.05, 0.1) is 30.5 Å². The number of nitrogens with zero attached hydrogens (tertiary/aromatic N) is 5. The standard InChI is InChI=1S/C23H25N5O3/c1-26(10-16-5-7-31-15-16)13-19-2-3-21-20-8-17(12-28(21)23(19)30)11-27(14-20)22(29)18-4-6-24-25-9-18/h2-7,9,15,17,20H,8,10-14H2,1H3/t17-,20+/m0/s1. The summed E-state index contributed by atoms with van der Waals surface area (Å²) < 4.78 is 7.07. The Morgan fingerprint density at radius 1 is 1.16 bits per heavy atom. The van der Waals surface area contributed by atoms with Crippen molar-refractivity contribution < 1.29 is 9.21 Å². The Hall–Kier alpha value is -3.26. The number of aromatic nitrogens is 3. The lowest BCUT2D eigenvalue weighted by molar-refractivity contribution is 0.0593. The third-order valence-corrected chi connectivity index (χ3v) is 6.27. The van der Waals surface area contributed by atoms with Gasteiger partial charge in [0.2, 0.25) is 0 Å². The van der Waals surface area contributed by atoms with Crippen LogP contribution in [0.1, 0.15) is 39.5 Å². The van der Waals surface area contributed by atoms with Crippen molar-refractivity contribution in [3.8, 4) is 0 Å². The van der Waals surface area contributed by atoms with E-state index >= 15 is 0 Å². The van der Waals surface area contributed by atoms with Crippen LogP contribution in [-0.2, 0) is 19.6 Å². The number of rotatable bonds is 5. The first kappa shape index (κ1) is 19.7. The molecule has 2 aliphatic rings. The summed E-state index contributed by atoms with van der Waals surface area (Å²) in [6, 6.07) is 7.66. The normalized spacial score (nSPS) is 20.0. The predicted molar refractivity (Wildman–Crippen MR) is 113 cm³/mol. The predicted octanol–water partition coefficient (Wildman–Crippen LogP) is 2.12. The molecule has 0 radical (unpaired) electrons. The molecule has 5 heterocycles. The van der Waals surface area contributed by atoms with Crippen molar-refractivity contribution in [3.63, 3.8) is 0 Å². The van der Waals surface area contributed by atoms with Crippen LogP contribution in [0.15, 0.2) is 58.4 Å². The Kier molecular flexibility index (Phi) is 5.15. The average Bonchev–Trinajstić information content (AvgIpc) is 3.29. The first-order valence-electron chi connectivity index (χ1n) is 10.6. The molecule has 160 valence electrons. The molecule has 0 N–H and O–H groups in total. The minimum absolute atomic E-state index is 0.0158. The number of amides is 1. The van der Waals surface area contributed by atoms with E-state index in [1.54, 1.807) is 18.6 Å². The molecule has 3 aromatic rings. The lowest BCUT2D eigenvalue weighted by Gasteiger charge is -2.43. The highest BCUT2D eigenvalue weighted by atomic mass is 16.3. The van der Waals surface area contributed by atoms with E-state index in [2.05, 4.69) is 21.2 Å². The second-order valence-electron chi connectivity index (χ2n) is 8.64. The molecule has 2 aliphatic heterocycles. The van der Waals surface area contributed by atoms with Crippen LogP contribution < -0.4 is 5.56 Å². The maximum atomic E-state index is 13.2. The monoisotopic (exact) mass is 419 g/mol.